The molecule has 0 bridgehead atoms. The van der Waals surface area contributed by atoms with Crippen LogP contribution in [-0.2, 0) is 5.41 Å². The Hall–Kier alpha value is -7.36. The van der Waals surface area contributed by atoms with E-state index in [0.717, 1.165) is 0 Å². The Morgan fingerprint density at radius 2 is 0.740 bits per heavy atom. The van der Waals surface area contributed by atoms with Gasteiger partial charge in [0.05, 0.1) is 0 Å². The molecule has 12 rings (SSSR count). The summed E-state index contributed by atoms with van der Waals surface area (Å²) in [4.78, 5) is 0. The first-order valence-corrected chi connectivity index (χ1v) is 28.6. The van der Waals surface area contributed by atoms with E-state index in [1.807, 2.05) is 40.9 Å². The van der Waals surface area contributed by atoms with E-state index in [-0.39, 0.29) is 5.41 Å². The van der Waals surface area contributed by atoms with Crippen molar-refractivity contribution in [2.24, 2.45) is 0 Å². The summed E-state index contributed by atoms with van der Waals surface area (Å²) in [6.07, 6.45) is 0. The Morgan fingerprint density at radius 1 is 0.273 bits per heavy atom. The molecule has 0 fully saturated rings. The van der Waals surface area contributed by atoms with E-state index in [1.54, 1.807) is 0 Å². The van der Waals surface area contributed by atoms with Gasteiger partial charge in [0, 0.05) is 40.3 Å². The third-order valence-electron chi connectivity index (χ3n) is 14.2. The van der Waals surface area contributed by atoms with E-state index >= 15 is 0 Å². The highest BCUT2D eigenvalue weighted by atomic mass is 32.1. The lowest BCUT2D eigenvalue weighted by molar-refractivity contribution is 0.590. The van der Waals surface area contributed by atoms with Crippen molar-refractivity contribution in [1.82, 2.24) is 0 Å². The Morgan fingerprint density at radius 3 is 1.26 bits per heavy atom. The molecule has 0 N–H and O–H groups in total. The zero-order valence-electron chi connectivity index (χ0n) is 48.1. The van der Waals surface area contributed by atoms with Crippen LogP contribution in [0.25, 0.3) is 62.6 Å². The van der Waals surface area contributed by atoms with Gasteiger partial charge >= 0.3 is 0 Å². The van der Waals surface area contributed by atoms with Gasteiger partial charge in [-0.2, -0.15) is 0 Å². The van der Waals surface area contributed by atoms with Crippen LogP contribution in [0.3, 0.4) is 0 Å². The highest BCUT2D eigenvalue weighted by Crippen LogP contribution is 2.41. The lowest BCUT2D eigenvalue weighted by Crippen LogP contribution is -2.10. The summed E-state index contributed by atoms with van der Waals surface area (Å²) >= 11 is 3.81. The monoisotopic (exact) mass is 1040 g/mol. The number of fused-ring (bicyclic) bond motifs is 6. The second kappa shape index (κ2) is 26.6. The average molecular weight is 1040 g/mol. The summed E-state index contributed by atoms with van der Waals surface area (Å²) in [6, 6.07) is 77.8. The predicted octanol–water partition coefficient (Wildman–Crippen LogP) is 22.9. The van der Waals surface area contributed by atoms with Crippen molar-refractivity contribution < 1.29 is 0 Å². The van der Waals surface area contributed by atoms with Crippen LogP contribution in [0.5, 0.6) is 0 Å². The molecule has 390 valence electrons. The minimum atomic E-state index is 0.285. The maximum Gasteiger partial charge on any atom is 0.0433 e. The van der Waals surface area contributed by atoms with Crippen LogP contribution >= 0.6 is 22.7 Å². The molecule has 0 aliphatic heterocycles. The molecule has 0 saturated carbocycles. The lowest BCUT2D eigenvalue weighted by Gasteiger charge is -2.18. The van der Waals surface area contributed by atoms with Crippen molar-refractivity contribution in [3.05, 3.63) is 285 Å². The molecule has 12 aromatic rings. The van der Waals surface area contributed by atoms with E-state index in [9.17, 15) is 0 Å². The maximum atomic E-state index is 2.31. The van der Waals surface area contributed by atoms with E-state index < -0.39 is 0 Å². The molecular formula is C75H78S2. The van der Waals surface area contributed by atoms with E-state index in [1.165, 1.54) is 129 Å². The maximum absolute atomic E-state index is 2.31. The zero-order chi connectivity index (χ0) is 55.2. The van der Waals surface area contributed by atoms with Crippen molar-refractivity contribution in [3.63, 3.8) is 0 Å². The molecule has 0 atom stereocenters. The van der Waals surface area contributed by atoms with Gasteiger partial charge in [0.2, 0.25) is 0 Å². The third-order valence-corrected chi connectivity index (χ3v) is 16.9. The Bertz CT molecular complexity index is 3790. The molecule has 2 heteroatoms. The molecule has 0 radical (unpaired) electrons. The van der Waals surface area contributed by atoms with Gasteiger partial charge in [-0.05, 0) is 154 Å². The number of aryl methyl sites for hydroxylation is 10. The fourth-order valence-corrected chi connectivity index (χ4v) is 11.8. The largest absolute Gasteiger partial charge is 0.135 e. The molecular weight excluding hydrogens is 965 g/mol. The molecule has 10 aromatic carbocycles. The van der Waals surface area contributed by atoms with Gasteiger partial charge in [-0.15, -0.1) is 22.7 Å². The van der Waals surface area contributed by atoms with Crippen LogP contribution in [-0.4, -0.2) is 0 Å². The normalized spacial score (nSPS) is 10.7. The fourth-order valence-electron chi connectivity index (χ4n) is 9.29. The van der Waals surface area contributed by atoms with Gasteiger partial charge in [0.25, 0.3) is 0 Å². The van der Waals surface area contributed by atoms with Gasteiger partial charge in [-0.25, -0.2) is 0 Å². The number of benzene rings is 10. The Labute approximate surface area is 469 Å². The second-order valence-electron chi connectivity index (χ2n) is 21.6. The molecule has 0 spiro atoms. The van der Waals surface area contributed by atoms with Crippen LogP contribution < -0.4 is 0 Å². The highest BCUT2D eigenvalue weighted by molar-refractivity contribution is 7.26. The Balaban J connectivity index is 0.000000141. The molecule has 0 amide bonds. The topological polar surface area (TPSA) is 0 Å². The average Bonchev–Trinajstić information content (AvgIpc) is 4.09. The lowest BCUT2D eigenvalue weighted by atomic mass is 9.87. The van der Waals surface area contributed by atoms with Crippen LogP contribution in [0.1, 0.15) is 87.5 Å². The molecule has 0 unspecified atom stereocenters. The first-order chi connectivity index (χ1) is 36.9. The molecule has 2 heterocycles. The number of rotatable bonds is 2. The van der Waals surface area contributed by atoms with Crippen molar-refractivity contribution in [3.8, 4) is 22.3 Å². The molecule has 77 heavy (non-hydrogen) atoms. The molecule has 0 saturated heterocycles. The minimum Gasteiger partial charge on any atom is -0.135 e. The third kappa shape index (κ3) is 15.4. The van der Waals surface area contributed by atoms with Gasteiger partial charge < -0.3 is 0 Å². The second-order valence-corrected chi connectivity index (χ2v) is 23.7. The number of hydrogen-bond donors (Lipinski definition) is 0. The SMILES string of the molecule is Cc1cc(C)c(C)c(C)c1.Cc1ccc(C(C)(C)C)cc1.Cc1ccc(C)c(C)c1.Cc1cccc2c1sc1c(-c3ccccc3)cccc12.Cc1cccc2c1sc1cc(-c3ccccc3)ccc12.Cc1ccccc1. The molecule has 0 nitrogen and oxygen atoms in total. The summed E-state index contributed by atoms with van der Waals surface area (Å²) in [5.74, 6) is 0. The van der Waals surface area contributed by atoms with Gasteiger partial charge in [0.15, 0.2) is 0 Å². The van der Waals surface area contributed by atoms with Crippen molar-refractivity contribution >= 4 is 63.0 Å². The zero-order valence-corrected chi connectivity index (χ0v) is 49.7. The predicted molar refractivity (Wildman–Crippen MR) is 346 cm³/mol. The van der Waals surface area contributed by atoms with Crippen molar-refractivity contribution in [2.45, 2.75) is 102 Å². The van der Waals surface area contributed by atoms with Crippen LogP contribution in [0.2, 0.25) is 0 Å². The smallest absolute Gasteiger partial charge is 0.0433 e. The van der Waals surface area contributed by atoms with Crippen molar-refractivity contribution in [2.75, 3.05) is 0 Å². The first kappa shape index (κ1) is 57.3. The van der Waals surface area contributed by atoms with Crippen LogP contribution in [0.15, 0.2) is 218 Å². The summed E-state index contributed by atoms with van der Waals surface area (Å²) in [6.45, 7) is 30.3. The molecule has 0 aliphatic rings. The van der Waals surface area contributed by atoms with Crippen molar-refractivity contribution in [1.29, 1.82) is 0 Å². The summed E-state index contributed by atoms with van der Waals surface area (Å²) < 4.78 is 5.58. The number of hydrogen-bond acceptors (Lipinski definition) is 2. The van der Waals surface area contributed by atoms with Gasteiger partial charge in [-0.1, -0.05) is 255 Å². The van der Waals surface area contributed by atoms with E-state index in [0.29, 0.717) is 0 Å². The Kier molecular flexibility index (Phi) is 19.8. The summed E-state index contributed by atoms with van der Waals surface area (Å²) in [5.41, 5.74) is 22.0. The standard InChI is InChI=1S/2C19H14S.C11H16.C10H14.C9H12.C7H8/c1-13-7-5-11-16-17-12-6-10-15(19(17)20-18(13)16)14-8-3-2-4-9-14;1-13-6-5-9-17-16-11-10-15(12-18(16)20-19(13)17)14-7-3-2-4-8-14;1-9-5-7-10(8-6-9)11(2,3)4;1-7-5-8(2)10(4)9(3)6-7;1-7-4-5-8(2)9(3)6-7;1-7-5-3-2-4-6-7/h2*2-12H,1H3;5-8H,1-4H3;5-6H,1-4H3;4-6H,1-3H3;2-6H,1H3. The first-order valence-electron chi connectivity index (χ1n) is 27.0. The quantitative estimate of drug-likeness (QED) is 0.162. The summed E-state index contributed by atoms with van der Waals surface area (Å²) in [7, 11) is 0. The van der Waals surface area contributed by atoms with Gasteiger partial charge in [-0.3, -0.25) is 0 Å². The molecule has 0 aliphatic carbocycles. The summed E-state index contributed by atoms with van der Waals surface area (Å²) in [5, 5.41) is 5.50. The molecule has 2 aromatic heterocycles. The van der Waals surface area contributed by atoms with Crippen LogP contribution in [0, 0.1) is 76.2 Å². The van der Waals surface area contributed by atoms with E-state index in [2.05, 4.69) is 297 Å². The minimum absolute atomic E-state index is 0.285. The number of thiophene rings is 2. The van der Waals surface area contributed by atoms with Crippen LogP contribution in [0.4, 0.5) is 0 Å². The highest BCUT2D eigenvalue weighted by Gasteiger charge is 2.13. The fraction of sp³-hybridized carbons (Fsp3) is 0.200. The van der Waals surface area contributed by atoms with Gasteiger partial charge in [0.1, 0.15) is 0 Å². The van der Waals surface area contributed by atoms with E-state index in [4.69, 9.17) is 0 Å².